The monoisotopic (exact) mass is 264 g/mol. The topological polar surface area (TPSA) is 58.7 Å². The minimum Gasteiger partial charge on any atom is -0.491 e. The Morgan fingerprint density at radius 2 is 2.05 bits per heavy atom. The predicted octanol–water partition coefficient (Wildman–Crippen LogP) is 1.60. The lowest BCUT2D eigenvalue weighted by molar-refractivity contribution is 0.0743. The van der Waals surface area contributed by atoms with Crippen LogP contribution in [0.3, 0.4) is 0 Å². The van der Waals surface area contributed by atoms with Gasteiger partial charge in [0.05, 0.1) is 0 Å². The van der Waals surface area contributed by atoms with Gasteiger partial charge >= 0.3 is 0 Å². The lowest BCUT2D eigenvalue weighted by atomic mass is 10.0. The van der Waals surface area contributed by atoms with E-state index in [4.69, 9.17) is 10.5 Å². The molecule has 1 aromatic carbocycles. The van der Waals surface area contributed by atoms with E-state index in [-0.39, 0.29) is 0 Å². The lowest BCUT2D eigenvalue weighted by Gasteiger charge is -2.20. The highest BCUT2D eigenvalue weighted by Gasteiger charge is 2.27. The molecule has 1 saturated heterocycles. The Morgan fingerprint density at radius 3 is 2.68 bits per heavy atom. The summed E-state index contributed by atoms with van der Waals surface area (Å²) in [4.78, 5) is 2.31. The van der Waals surface area contributed by atoms with E-state index in [0.29, 0.717) is 36.4 Å². The average Bonchev–Trinajstić information content (AvgIpc) is 2.66. The molecule has 1 heterocycles. The lowest BCUT2D eigenvalue weighted by Crippen LogP contribution is -2.34. The second-order valence-corrected chi connectivity index (χ2v) is 5.71. The molecule has 0 bridgehead atoms. The van der Waals surface area contributed by atoms with E-state index in [1.807, 2.05) is 18.2 Å². The summed E-state index contributed by atoms with van der Waals surface area (Å²) in [6, 6.07) is 7.28. The van der Waals surface area contributed by atoms with Crippen molar-refractivity contribution >= 4 is 5.69 Å². The standard InChI is InChI=1S/C15H24N2O2/c1-11-7-17(8-12(11)2)9-14(18)10-19-15-5-3-4-13(16)6-15/h3-6,11-12,14,18H,7-10,16H2,1-2H3. The van der Waals surface area contributed by atoms with E-state index in [1.54, 1.807) is 6.07 Å². The smallest absolute Gasteiger partial charge is 0.121 e. The van der Waals surface area contributed by atoms with Crippen LogP contribution in [-0.4, -0.2) is 42.4 Å². The van der Waals surface area contributed by atoms with E-state index in [0.717, 1.165) is 13.1 Å². The van der Waals surface area contributed by atoms with Crippen molar-refractivity contribution in [1.29, 1.82) is 0 Å². The van der Waals surface area contributed by atoms with Crippen molar-refractivity contribution < 1.29 is 9.84 Å². The Balaban J connectivity index is 1.74. The average molecular weight is 264 g/mol. The summed E-state index contributed by atoms with van der Waals surface area (Å²) in [5.41, 5.74) is 6.35. The highest BCUT2D eigenvalue weighted by molar-refractivity contribution is 5.43. The molecule has 4 heteroatoms. The largest absolute Gasteiger partial charge is 0.491 e. The maximum absolute atomic E-state index is 10.0. The van der Waals surface area contributed by atoms with Crippen molar-refractivity contribution in [1.82, 2.24) is 4.90 Å². The fourth-order valence-corrected chi connectivity index (χ4v) is 2.55. The van der Waals surface area contributed by atoms with Gasteiger partial charge in [-0.25, -0.2) is 0 Å². The van der Waals surface area contributed by atoms with Gasteiger partial charge in [0.1, 0.15) is 18.5 Å². The molecule has 3 atom stereocenters. The number of anilines is 1. The molecule has 1 aliphatic heterocycles. The molecule has 0 aliphatic carbocycles. The van der Waals surface area contributed by atoms with Gasteiger partial charge in [-0.15, -0.1) is 0 Å². The number of aliphatic hydroxyl groups excluding tert-OH is 1. The molecule has 3 N–H and O–H groups in total. The highest BCUT2D eigenvalue weighted by Crippen LogP contribution is 2.22. The molecular formula is C15H24N2O2. The minimum atomic E-state index is -0.459. The van der Waals surface area contributed by atoms with E-state index in [1.165, 1.54) is 0 Å². The maximum Gasteiger partial charge on any atom is 0.121 e. The third kappa shape index (κ3) is 4.11. The predicted molar refractivity (Wildman–Crippen MR) is 77.1 cm³/mol. The van der Waals surface area contributed by atoms with Crippen molar-refractivity contribution in [2.45, 2.75) is 20.0 Å². The van der Waals surface area contributed by atoms with E-state index in [9.17, 15) is 5.11 Å². The molecule has 0 amide bonds. The molecule has 3 unspecified atom stereocenters. The van der Waals surface area contributed by atoms with Crippen LogP contribution in [0.2, 0.25) is 0 Å². The summed E-state index contributed by atoms with van der Waals surface area (Å²) in [5, 5.41) is 10.0. The normalized spacial score (nSPS) is 25.4. The van der Waals surface area contributed by atoms with Crippen LogP contribution in [0.4, 0.5) is 5.69 Å². The fourth-order valence-electron chi connectivity index (χ4n) is 2.55. The second kappa shape index (κ2) is 6.26. The quantitative estimate of drug-likeness (QED) is 0.793. The Morgan fingerprint density at radius 1 is 1.37 bits per heavy atom. The molecule has 4 nitrogen and oxygen atoms in total. The third-order valence-corrected chi connectivity index (χ3v) is 3.83. The summed E-state index contributed by atoms with van der Waals surface area (Å²) in [7, 11) is 0. The van der Waals surface area contributed by atoms with Gasteiger partial charge in [0.25, 0.3) is 0 Å². The Kier molecular flexibility index (Phi) is 4.66. The van der Waals surface area contributed by atoms with E-state index in [2.05, 4.69) is 18.7 Å². The van der Waals surface area contributed by atoms with Crippen LogP contribution in [-0.2, 0) is 0 Å². The van der Waals surface area contributed by atoms with Gasteiger partial charge in [-0.3, -0.25) is 0 Å². The first-order chi connectivity index (χ1) is 9.04. The SMILES string of the molecule is CC1CN(CC(O)COc2cccc(N)c2)CC1C. The summed E-state index contributed by atoms with van der Waals surface area (Å²) in [6.07, 6.45) is -0.459. The van der Waals surface area contributed by atoms with Gasteiger partial charge in [-0.2, -0.15) is 0 Å². The molecule has 0 aromatic heterocycles. The number of β-amino-alcohol motifs (C(OH)–C–C–N with tert-alkyl or cyclic N) is 1. The number of benzene rings is 1. The summed E-state index contributed by atoms with van der Waals surface area (Å²) < 4.78 is 5.56. The second-order valence-electron chi connectivity index (χ2n) is 5.71. The zero-order valence-electron chi connectivity index (χ0n) is 11.7. The number of likely N-dealkylation sites (tertiary alicyclic amines) is 1. The third-order valence-electron chi connectivity index (χ3n) is 3.83. The van der Waals surface area contributed by atoms with Gasteiger partial charge in [-0.05, 0) is 24.0 Å². The summed E-state index contributed by atoms with van der Waals surface area (Å²) >= 11 is 0. The Labute approximate surface area is 115 Å². The molecule has 0 spiro atoms. The molecule has 0 saturated carbocycles. The first-order valence-corrected chi connectivity index (χ1v) is 6.93. The first kappa shape index (κ1) is 14.2. The maximum atomic E-state index is 10.0. The molecule has 19 heavy (non-hydrogen) atoms. The number of hydrogen-bond acceptors (Lipinski definition) is 4. The van der Waals surface area contributed by atoms with Crippen LogP contribution in [0, 0.1) is 11.8 Å². The first-order valence-electron chi connectivity index (χ1n) is 6.93. The number of nitrogens with zero attached hydrogens (tertiary/aromatic N) is 1. The molecule has 106 valence electrons. The van der Waals surface area contributed by atoms with Gasteiger partial charge in [0.15, 0.2) is 0 Å². The van der Waals surface area contributed by atoms with Crippen LogP contribution < -0.4 is 10.5 Å². The number of rotatable bonds is 5. The van der Waals surface area contributed by atoms with Gasteiger partial charge in [0, 0.05) is 31.4 Å². The van der Waals surface area contributed by atoms with Crippen LogP contribution >= 0.6 is 0 Å². The molecule has 1 aliphatic rings. The molecule has 1 aromatic rings. The molecule has 0 radical (unpaired) electrons. The van der Waals surface area contributed by atoms with Crippen LogP contribution in [0.1, 0.15) is 13.8 Å². The number of aliphatic hydroxyl groups is 1. The van der Waals surface area contributed by atoms with Crippen molar-refractivity contribution in [2.24, 2.45) is 11.8 Å². The van der Waals surface area contributed by atoms with E-state index < -0.39 is 6.10 Å². The van der Waals surface area contributed by atoms with Crippen LogP contribution in [0.15, 0.2) is 24.3 Å². The number of nitrogens with two attached hydrogens (primary N) is 1. The van der Waals surface area contributed by atoms with Gasteiger partial charge < -0.3 is 20.5 Å². The summed E-state index contributed by atoms with van der Waals surface area (Å²) in [6.45, 7) is 7.65. The van der Waals surface area contributed by atoms with Crippen molar-refractivity contribution in [2.75, 3.05) is 32.0 Å². The van der Waals surface area contributed by atoms with Gasteiger partial charge in [0.2, 0.25) is 0 Å². The molecule has 2 rings (SSSR count). The number of ether oxygens (including phenoxy) is 1. The van der Waals surface area contributed by atoms with Crippen molar-refractivity contribution in [3.05, 3.63) is 24.3 Å². The van der Waals surface area contributed by atoms with Crippen LogP contribution in [0.5, 0.6) is 5.75 Å². The van der Waals surface area contributed by atoms with E-state index >= 15 is 0 Å². The van der Waals surface area contributed by atoms with Crippen LogP contribution in [0.25, 0.3) is 0 Å². The minimum absolute atomic E-state index is 0.308. The van der Waals surface area contributed by atoms with Crippen molar-refractivity contribution in [3.8, 4) is 5.75 Å². The zero-order chi connectivity index (χ0) is 13.8. The zero-order valence-corrected chi connectivity index (χ0v) is 11.7. The van der Waals surface area contributed by atoms with Crippen molar-refractivity contribution in [3.63, 3.8) is 0 Å². The number of hydrogen-bond donors (Lipinski definition) is 2. The molecular weight excluding hydrogens is 240 g/mol. The highest BCUT2D eigenvalue weighted by atomic mass is 16.5. The van der Waals surface area contributed by atoms with Gasteiger partial charge in [-0.1, -0.05) is 19.9 Å². The molecule has 1 fully saturated rings. The Hall–Kier alpha value is -1.26. The summed E-state index contributed by atoms with van der Waals surface area (Å²) in [5.74, 6) is 2.13. The number of nitrogen functional groups attached to an aromatic ring is 1. The Bertz CT molecular complexity index is 401. The fraction of sp³-hybridized carbons (Fsp3) is 0.600.